The van der Waals surface area contributed by atoms with Crippen LogP contribution in [0, 0.1) is 17.1 Å². The summed E-state index contributed by atoms with van der Waals surface area (Å²) in [6, 6.07) is 18.8. The van der Waals surface area contributed by atoms with Gasteiger partial charge in [0.25, 0.3) is 0 Å². The monoisotopic (exact) mass is 352 g/mol. The summed E-state index contributed by atoms with van der Waals surface area (Å²) in [6.07, 6.45) is 1.23. The minimum atomic E-state index is -0.315. The highest BCUT2D eigenvalue weighted by atomic mass is 32.2. The summed E-state index contributed by atoms with van der Waals surface area (Å²) in [7, 11) is 0. The van der Waals surface area contributed by atoms with Gasteiger partial charge in [-0.25, -0.2) is 4.39 Å². The number of nitriles is 1. The van der Waals surface area contributed by atoms with Gasteiger partial charge in [-0.15, -0.1) is 10.2 Å². The molecule has 0 amide bonds. The summed E-state index contributed by atoms with van der Waals surface area (Å²) in [5, 5.41) is 17.9. The van der Waals surface area contributed by atoms with E-state index in [-0.39, 0.29) is 5.82 Å². The molecule has 0 atom stereocenters. The van der Waals surface area contributed by atoms with Crippen molar-refractivity contribution in [2.75, 3.05) is 5.75 Å². The molecular weight excluding hydrogens is 335 g/mol. The quantitative estimate of drug-likeness (QED) is 0.469. The number of aryl methyl sites for hydroxylation is 1. The molecule has 0 aliphatic carbocycles. The first-order valence-corrected chi connectivity index (χ1v) is 9.00. The molecule has 0 unspecified atom stereocenters. The van der Waals surface area contributed by atoms with Gasteiger partial charge in [-0.05, 0) is 24.1 Å². The molecule has 25 heavy (non-hydrogen) atoms. The summed E-state index contributed by atoms with van der Waals surface area (Å²) in [5.41, 5.74) is 1.64. The van der Waals surface area contributed by atoms with Crippen LogP contribution in [0.2, 0.25) is 0 Å². The first-order valence-electron chi connectivity index (χ1n) is 8.01. The average Bonchev–Trinajstić information content (AvgIpc) is 3.04. The van der Waals surface area contributed by atoms with E-state index >= 15 is 0 Å². The standard InChI is InChI=1S/C19H17FN4S/c20-17-10-5-4-9-16(17)18-22-23-19(25-14-6-12-21)24(18)13-11-15-7-2-1-3-8-15/h1-5,7-10H,6,11,13-14H2. The third-order valence-corrected chi connectivity index (χ3v) is 4.71. The SMILES string of the molecule is N#CCCSc1nnc(-c2ccccc2F)n1CCc1ccccc1. The molecule has 0 radical (unpaired) electrons. The number of nitrogens with zero attached hydrogens (tertiary/aromatic N) is 4. The van der Waals surface area contributed by atoms with Gasteiger partial charge in [0.05, 0.1) is 11.6 Å². The molecule has 0 aliphatic rings. The number of benzene rings is 2. The van der Waals surface area contributed by atoms with Gasteiger partial charge in [-0.1, -0.05) is 54.2 Å². The smallest absolute Gasteiger partial charge is 0.191 e. The van der Waals surface area contributed by atoms with Crippen molar-refractivity contribution in [1.29, 1.82) is 5.26 Å². The van der Waals surface area contributed by atoms with Crippen molar-refractivity contribution < 1.29 is 4.39 Å². The van der Waals surface area contributed by atoms with Crippen LogP contribution in [-0.2, 0) is 13.0 Å². The largest absolute Gasteiger partial charge is 0.302 e. The Morgan fingerprint density at radius 3 is 2.56 bits per heavy atom. The number of hydrogen-bond donors (Lipinski definition) is 0. The molecule has 0 saturated heterocycles. The number of hydrogen-bond acceptors (Lipinski definition) is 4. The van der Waals surface area contributed by atoms with E-state index in [4.69, 9.17) is 5.26 Å². The Labute approximate surface area is 150 Å². The third kappa shape index (κ3) is 4.25. The molecule has 6 heteroatoms. The van der Waals surface area contributed by atoms with Gasteiger partial charge in [-0.2, -0.15) is 5.26 Å². The fraction of sp³-hybridized carbons (Fsp3) is 0.211. The Hall–Kier alpha value is -2.65. The van der Waals surface area contributed by atoms with Crippen LogP contribution in [0.5, 0.6) is 0 Å². The Bertz CT molecular complexity index is 871. The maximum Gasteiger partial charge on any atom is 0.191 e. The molecule has 3 aromatic rings. The lowest BCUT2D eigenvalue weighted by atomic mass is 10.1. The Balaban J connectivity index is 1.89. The highest BCUT2D eigenvalue weighted by Gasteiger charge is 2.16. The van der Waals surface area contributed by atoms with E-state index < -0.39 is 0 Å². The molecule has 4 nitrogen and oxygen atoms in total. The van der Waals surface area contributed by atoms with Crippen LogP contribution in [0.1, 0.15) is 12.0 Å². The Morgan fingerprint density at radius 2 is 1.80 bits per heavy atom. The topological polar surface area (TPSA) is 54.5 Å². The summed E-state index contributed by atoms with van der Waals surface area (Å²) >= 11 is 1.47. The molecule has 0 saturated carbocycles. The van der Waals surface area contributed by atoms with Gasteiger partial charge >= 0.3 is 0 Å². The van der Waals surface area contributed by atoms with Crippen LogP contribution in [0.15, 0.2) is 59.8 Å². The van der Waals surface area contributed by atoms with Crippen LogP contribution >= 0.6 is 11.8 Å². The van der Waals surface area contributed by atoms with E-state index in [0.29, 0.717) is 35.3 Å². The second kappa shape index (κ2) is 8.45. The van der Waals surface area contributed by atoms with Crippen molar-refractivity contribution in [1.82, 2.24) is 14.8 Å². The Morgan fingerprint density at radius 1 is 1.04 bits per heavy atom. The van der Waals surface area contributed by atoms with E-state index in [1.165, 1.54) is 23.4 Å². The van der Waals surface area contributed by atoms with Crippen LogP contribution in [-0.4, -0.2) is 20.5 Å². The van der Waals surface area contributed by atoms with Gasteiger partial charge in [-0.3, -0.25) is 0 Å². The lowest BCUT2D eigenvalue weighted by molar-refractivity contribution is 0.616. The van der Waals surface area contributed by atoms with Crippen molar-refractivity contribution in [2.24, 2.45) is 0 Å². The van der Waals surface area contributed by atoms with Gasteiger partial charge in [0, 0.05) is 18.7 Å². The van der Waals surface area contributed by atoms with E-state index in [1.54, 1.807) is 18.2 Å². The van der Waals surface area contributed by atoms with Crippen molar-refractivity contribution in [3.05, 3.63) is 66.0 Å². The van der Waals surface area contributed by atoms with Crippen molar-refractivity contribution >= 4 is 11.8 Å². The molecular formula is C19H17FN4S. The van der Waals surface area contributed by atoms with Crippen molar-refractivity contribution in [2.45, 2.75) is 24.5 Å². The number of rotatable bonds is 7. The lowest BCUT2D eigenvalue weighted by Gasteiger charge is -2.10. The molecule has 3 rings (SSSR count). The number of thioether (sulfide) groups is 1. The zero-order chi connectivity index (χ0) is 17.5. The average molecular weight is 352 g/mol. The molecule has 126 valence electrons. The fourth-order valence-corrected chi connectivity index (χ4v) is 3.32. The van der Waals surface area contributed by atoms with Gasteiger partial charge in [0.1, 0.15) is 5.82 Å². The maximum atomic E-state index is 14.2. The Kier molecular flexibility index (Phi) is 5.81. The first kappa shape index (κ1) is 17.2. The predicted octanol–water partition coefficient (Wildman–Crippen LogP) is 4.33. The molecule has 1 aromatic heterocycles. The van der Waals surface area contributed by atoms with E-state index in [1.807, 2.05) is 22.8 Å². The first-order chi connectivity index (χ1) is 12.3. The normalized spacial score (nSPS) is 10.6. The number of halogens is 1. The van der Waals surface area contributed by atoms with Crippen molar-refractivity contribution in [3.63, 3.8) is 0 Å². The molecule has 0 bridgehead atoms. The van der Waals surface area contributed by atoms with Crippen LogP contribution in [0.25, 0.3) is 11.4 Å². The molecule has 0 fully saturated rings. The van der Waals surface area contributed by atoms with E-state index in [0.717, 1.165) is 6.42 Å². The highest BCUT2D eigenvalue weighted by molar-refractivity contribution is 7.99. The molecule has 0 aliphatic heterocycles. The lowest BCUT2D eigenvalue weighted by Crippen LogP contribution is -2.06. The second-order valence-electron chi connectivity index (χ2n) is 5.43. The zero-order valence-electron chi connectivity index (χ0n) is 13.6. The minimum absolute atomic E-state index is 0.315. The highest BCUT2D eigenvalue weighted by Crippen LogP contribution is 2.26. The van der Waals surface area contributed by atoms with E-state index in [2.05, 4.69) is 28.4 Å². The van der Waals surface area contributed by atoms with Gasteiger partial charge in [0.2, 0.25) is 0 Å². The van der Waals surface area contributed by atoms with Gasteiger partial charge < -0.3 is 4.57 Å². The summed E-state index contributed by atoms with van der Waals surface area (Å²) in [5.74, 6) is 0.843. The molecule has 1 heterocycles. The number of aromatic nitrogens is 3. The zero-order valence-corrected chi connectivity index (χ0v) is 14.4. The summed E-state index contributed by atoms with van der Waals surface area (Å²) in [6.45, 7) is 0.648. The second-order valence-corrected chi connectivity index (χ2v) is 6.49. The maximum absolute atomic E-state index is 14.2. The molecule has 2 aromatic carbocycles. The van der Waals surface area contributed by atoms with Gasteiger partial charge in [0.15, 0.2) is 11.0 Å². The third-order valence-electron chi connectivity index (χ3n) is 3.74. The van der Waals surface area contributed by atoms with Crippen LogP contribution in [0.3, 0.4) is 0 Å². The van der Waals surface area contributed by atoms with Crippen molar-refractivity contribution in [3.8, 4) is 17.5 Å². The predicted molar refractivity (Wildman–Crippen MR) is 96.5 cm³/mol. The van der Waals surface area contributed by atoms with E-state index in [9.17, 15) is 4.39 Å². The summed E-state index contributed by atoms with van der Waals surface area (Å²) < 4.78 is 16.1. The van der Waals surface area contributed by atoms with Crippen LogP contribution in [0.4, 0.5) is 4.39 Å². The minimum Gasteiger partial charge on any atom is -0.302 e. The van der Waals surface area contributed by atoms with Crippen LogP contribution < -0.4 is 0 Å². The fourth-order valence-electron chi connectivity index (χ4n) is 2.51. The molecule has 0 spiro atoms. The summed E-state index contributed by atoms with van der Waals surface area (Å²) in [4.78, 5) is 0. The molecule has 0 N–H and O–H groups in total.